The summed E-state index contributed by atoms with van der Waals surface area (Å²) in [4.78, 5) is 12.1. The van der Waals surface area contributed by atoms with E-state index in [1.165, 1.54) is 24.3 Å². The highest BCUT2D eigenvalue weighted by atomic mass is 19.4. The van der Waals surface area contributed by atoms with Crippen LogP contribution < -0.4 is 10.1 Å². The molecule has 0 bridgehead atoms. The normalized spacial score (nSPS) is 11.6. The molecule has 0 saturated carbocycles. The number of carbonyl (C=O) groups is 1. The molecule has 0 aliphatic heterocycles. The number of amides is 1. The maximum atomic E-state index is 12.8. The summed E-state index contributed by atoms with van der Waals surface area (Å²) in [7, 11) is 0. The number of halogens is 6. The fourth-order valence-electron chi connectivity index (χ4n) is 2.04. The fourth-order valence-corrected chi connectivity index (χ4v) is 2.04. The first-order chi connectivity index (χ1) is 12.5. The van der Waals surface area contributed by atoms with Gasteiger partial charge in [0.05, 0.1) is 11.1 Å². The molecule has 4 nitrogen and oxygen atoms in total. The summed E-state index contributed by atoms with van der Waals surface area (Å²) in [5.41, 5.74) is -3.83. The molecule has 10 heteroatoms. The molecule has 0 aliphatic rings. The van der Waals surface area contributed by atoms with E-state index in [4.69, 9.17) is 10.00 Å². The molecule has 2 aromatic rings. The van der Waals surface area contributed by atoms with Crippen LogP contribution in [0.3, 0.4) is 0 Å². The standard InChI is InChI=1S/C17H10F6N2O2/c18-16(19,20)11-7-10(8-12(9-11)17(21,22)23)15(26)25-13-1-3-14(4-2-13)27-6-5-24/h1-4,7-9H,6H2,(H,25,26). The quantitative estimate of drug-likeness (QED) is 0.760. The van der Waals surface area contributed by atoms with Crippen molar-refractivity contribution in [3.63, 3.8) is 0 Å². The molecule has 0 fully saturated rings. The number of carbonyl (C=O) groups excluding carboxylic acids is 1. The van der Waals surface area contributed by atoms with Crippen molar-refractivity contribution in [3.05, 3.63) is 59.2 Å². The number of nitriles is 1. The average molecular weight is 388 g/mol. The first-order valence-electron chi connectivity index (χ1n) is 7.21. The van der Waals surface area contributed by atoms with Crippen LogP contribution in [-0.2, 0) is 12.4 Å². The lowest BCUT2D eigenvalue weighted by Crippen LogP contribution is -2.17. The van der Waals surface area contributed by atoms with Crippen molar-refractivity contribution in [1.82, 2.24) is 0 Å². The molecule has 0 saturated heterocycles. The van der Waals surface area contributed by atoms with E-state index in [2.05, 4.69) is 5.32 Å². The molecule has 1 N–H and O–H groups in total. The topological polar surface area (TPSA) is 62.1 Å². The molecule has 0 aliphatic carbocycles. The van der Waals surface area contributed by atoms with Gasteiger partial charge in [-0.25, -0.2) is 0 Å². The molecule has 0 spiro atoms. The number of anilines is 1. The lowest BCUT2D eigenvalue weighted by atomic mass is 10.0. The van der Waals surface area contributed by atoms with Crippen molar-refractivity contribution in [2.45, 2.75) is 12.4 Å². The third-order valence-corrected chi connectivity index (χ3v) is 3.27. The Morgan fingerprint density at radius 2 is 1.48 bits per heavy atom. The lowest BCUT2D eigenvalue weighted by Gasteiger charge is -2.14. The van der Waals surface area contributed by atoms with Crippen molar-refractivity contribution < 1.29 is 35.9 Å². The summed E-state index contributed by atoms with van der Waals surface area (Å²) >= 11 is 0. The maximum absolute atomic E-state index is 12.8. The Morgan fingerprint density at radius 1 is 0.963 bits per heavy atom. The Balaban J connectivity index is 2.28. The van der Waals surface area contributed by atoms with Crippen molar-refractivity contribution in [3.8, 4) is 11.8 Å². The predicted molar refractivity (Wildman–Crippen MR) is 81.9 cm³/mol. The number of hydrogen-bond donors (Lipinski definition) is 1. The number of benzene rings is 2. The molecule has 0 atom stereocenters. The van der Waals surface area contributed by atoms with E-state index in [-0.39, 0.29) is 18.4 Å². The molecule has 2 aromatic carbocycles. The minimum atomic E-state index is -5.05. The molecule has 1 amide bonds. The second-order valence-electron chi connectivity index (χ2n) is 5.22. The van der Waals surface area contributed by atoms with E-state index in [0.29, 0.717) is 17.9 Å². The van der Waals surface area contributed by atoms with Gasteiger partial charge in [-0.15, -0.1) is 0 Å². The van der Waals surface area contributed by atoms with Crippen molar-refractivity contribution in [2.24, 2.45) is 0 Å². The molecule has 0 radical (unpaired) electrons. The smallest absolute Gasteiger partial charge is 0.416 e. The van der Waals surface area contributed by atoms with Crippen molar-refractivity contribution in [1.29, 1.82) is 5.26 Å². The molecule has 0 aromatic heterocycles. The van der Waals surface area contributed by atoms with E-state index in [1.54, 1.807) is 6.07 Å². The Bertz CT molecular complexity index is 835. The molecular weight excluding hydrogens is 378 g/mol. The summed E-state index contributed by atoms with van der Waals surface area (Å²) in [6.07, 6.45) is -10.1. The lowest BCUT2D eigenvalue weighted by molar-refractivity contribution is -0.143. The van der Waals surface area contributed by atoms with Gasteiger partial charge in [0.25, 0.3) is 5.91 Å². The second-order valence-corrected chi connectivity index (χ2v) is 5.22. The van der Waals surface area contributed by atoms with Crippen LogP contribution in [0.5, 0.6) is 5.75 Å². The van der Waals surface area contributed by atoms with E-state index >= 15 is 0 Å². The van der Waals surface area contributed by atoms with Gasteiger partial charge in [-0.2, -0.15) is 31.6 Å². The van der Waals surface area contributed by atoms with Crippen LogP contribution in [0.1, 0.15) is 21.5 Å². The van der Waals surface area contributed by atoms with Crippen LogP contribution in [0.15, 0.2) is 42.5 Å². The largest absolute Gasteiger partial charge is 0.479 e. The fraction of sp³-hybridized carbons (Fsp3) is 0.176. The molecular formula is C17H10F6N2O2. The number of nitrogens with zero attached hydrogens (tertiary/aromatic N) is 1. The predicted octanol–water partition coefficient (Wildman–Crippen LogP) is 4.88. The van der Waals surface area contributed by atoms with Crippen LogP contribution in [0, 0.1) is 11.3 Å². The zero-order valence-corrected chi connectivity index (χ0v) is 13.3. The second kappa shape index (κ2) is 7.57. The van der Waals surface area contributed by atoms with Crippen LogP contribution in [-0.4, -0.2) is 12.5 Å². The van der Waals surface area contributed by atoms with Gasteiger partial charge in [-0.05, 0) is 42.5 Å². The van der Waals surface area contributed by atoms with Gasteiger partial charge in [0.1, 0.15) is 11.8 Å². The summed E-state index contributed by atoms with van der Waals surface area (Å²) in [5, 5.41) is 10.6. The highest BCUT2D eigenvalue weighted by molar-refractivity contribution is 6.04. The van der Waals surface area contributed by atoms with E-state index in [9.17, 15) is 31.1 Å². The van der Waals surface area contributed by atoms with E-state index in [1.807, 2.05) is 0 Å². The highest BCUT2D eigenvalue weighted by Crippen LogP contribution is 2.36. The van der Waals surface area contributed by atoms with Crippen molar-refractivity contribution >= 4 is 11.6 Å². The van der Waals surface area contributed by atoms with Gasteiger partial charge in [0.15, 0.2) is 6.61 Å². The molecule has 142 valence electrons. The number of ether oxygens (including phenoxy) is 1. The molecule has 0 heterocycles. The first kappa shape index (κ1) is 20.1. The van der Waals surface area contributed by atoms with E-state index in [0.717, 1.165) is 0 Å². The Hall–Kier alpha value is -3.22. The number of rotatable bonds is 4. The van der Waals surface area contributed by atoms with Crippen LogP contribution in [0.25, 0.3) is 0 Å². The Kier molecular flexibility index (Phi) is 5.64. The minimum Gasteiger partial charge on any atom is -0.479 e. The minimum absolute atomic E-state index is 0.0574. The Labute approximate surface area is 149 Å². The monoisotopic (exact) mass is 388 g/mol. The summed E-state index contributed by atoms with van der Waals surface area (Å²) in [5.74, 6) is -0.842. The molecule has 27 heavy (non-hydrogen) atoms. The molecule has 0 unspecified atom stereocenters. The highest BCUT2D eigenvalue weighted by Gasteiger charge is 2.37. The SMILES string of the molecule is N#CCOc1ccc(NC(=O)c2cc(C(F)(F)F)cc(C(F)(F)F)c2)cc1. The van der Waals surface area contributed by atoms with Gasteiger partial charge >= 0.3 is 12.4 Å². The zero-order chi connectivity index (χ0) is 20.2. The number of hydrogen-bond acceptors (Lipinski definition) is 3. The van der Waals surface area contributed by atoms with Crippen molar-refractivity contribution in [2.75, 3.05) is 11.9 Å². The van der Waals surface area contributed by atoms with Gasteiger partial charge in [-0.1, -0.05) is 0 Å². The number of nitrogens with one attached hydrogen (secondary N) is 1. The van der Waals surface area contributed by atoms with E-state index < -0.39 is 35.0 Å². The van der Waals surface area contributed by atoms with Crippen LogP contribution in [0.4, 0.5) is 32.0 Å². The van der Waals surface area contributed by atoms with Gasteiger partial charge in [-0.3, -0.25) is 4.79 Å². The summed E-state index contributed by atoms with van der Waals surface area (Å²) in [6.45, 7) is -0.212. The third kappa shape index (κ3) is 5.37. The first-order valence-corrected chi connectivity index (χ1v) is 7.21. The third-order valence-electron chi connectivity index (χ3n) is 3.27. The van der Waals surface area contributed by atoms with Crippen LogP contribution in [0.2, 0.25) is 0 Å². The maximum Gasteiger partial charge on any atom is 0.416 e. The van der Waals surface area contributed by atoms with Gasteiger partial charge < -0.3 is 10.1 Å². The van der Waals surface area contributed by atoms with Gasteiger partial charge in [0, 0.05) is 11.3 Å². The zero-order valence-electron chi connectivity index (χ0n) is 13.3. The summed E-state index contributed by atoms with van der Waals surface area (Å²) in [6, 6.07) is 7.77. The van der Waals surface area contributed by atoms with Gasteiger partial charge in [0.2, 0.25) is 0 Å². The van der Waals surface area contributed by atoms with Crippen LogP contribution >= 0.6 is 0 Å². The Morgan fingerprint density at radius 3 is 1.93 bits per heavy atom. The average Bonchev–Trinajstić information content (AvgIpc) is 2.59. The number of alkyl halides is 6. The summed E-state index contributed by atoms with van der Waals surface area (Å²) < 4.78 is 82.0. The molecule has 2 rings (SSSR count).